The first-order valence-electron chi connectivity index (χ1n) is 9.02. The van der Waals surface area contributed by atoms with Crippen molar-refractivity contribution >= 4 is 17.5 Å². The lowest BCUT2D eigenvalue weighted by molar-refractivity contribution is 0.102. The Morgan fingerprint density at radius 1 is 0.963 bits per heavy atom. The average molecular weight is 380 g/mol. The van der Waals surface area contributed by atoms with Crippen molar-refractivity contribution in [1.29, 1.82) is 0 Å². The highest BCUT2D eigenvalue weighted by Gasteiger charge is 2.18. The van der Waals surface area contributed by atoms with E-state index < -0.39 is 0 Å². The average Bonchev–Trinajstić information content (AvgIpc) is 2.95. The second-order valence-corrected chi connectivity index (χ2v) is 8.01. The van der Waals surface area contributed by atoms with Gasteiger partial charge in [-0.25, -0.2) is 0 Å². The molecule has 3 rings (SSSR count). The Labute approximate surface area is 165 Å². The maximum atomic E-state index is 12.7. The molecule has 27 heavy (non-hydrogen) atoms. The number of ketones is 1. The van der Waals surface area contributed by atoms with Gasteiger partial charge in [-0.05, 0) is 63.8 Å². The summed E-state index contributed by atoms with van der Waals surface area (Å²) in [4.78, 5) is 12.7. The lowest BCUT2D eigenvalue weighted by Crippen LogP contribution is -2.08. The zero-order chi connectivity index (χ0) is 19.7. The molecule has 1 heterocycles. The summed E-state index contributed by atoms with van der Waals surface area (Å²) in [6, 6.07) is 10.2. The van der Waals surface area contributed by atoms with E-state index in [1.54, 1.807) is 0 Å². The standard InChI is InChI=1S/C22H25N3OS/c1-13-10-15(3)21(16(4)11-13)25-18(6)23-24-22(25)27-12-20(26)19-9-7-8-14(2)17(19)5/h7-11H,12H2,1-6H3. The molecule has 0 unspecified atom stereocenters. The zero-order valence-corrected chi connectivity index (χ0v) is 17.6. The number of carbonyl (C=O) groups excluding carboxylic acids is 1. The summed E-state index contributed by atoms with van der Waals surface area (Å²) in [5.74, 6) is 1.28. The number of benzene rings is 2. The van der Waals surface area contributed by atoms with Gasteiger partial charge in [0.25, 0.3) is 0 Å². The van der Waals surface area contributed by atoms with Crippen LogP contribution in [0.5, 0.6) is 0 Å². The number of nitrogens with zero attached hydrogens (tertiary/aromatic N) is 3. The molecular formula is C22H25N3OS. The minimum absolute atomic E-state index is 0.116. The van der Waals surface area contributed by atoms with Crippen molar-refractivity contribution in [1.82, 2.24) is 14.8 Å². The monoisotopic (exact) mass is 379 g/mol. The molecule has 0 saturated heterocycles. The fourth-order valence-corrected chi connectivity index (χ4v) is 4.35. The van der Waals surface area contributed by atoms with Crippen LogP contribution in [0.15, 0.2) is 35.5 Å². The maximum Gasteiger partial charge on any atom is 0.196 e. The number of Topliss-reactive ketones (excluding diaryl/α,β-unsaturated/α-hetero) is 1. The number of aryl methyl sites for hydroxylation is 5. The largest absolute Gasteiger partial charge is 0.293 e. The Kier molecular flexibility index (Phi) is 5.51. The molecule has 1 aromatic heterocycles. The van der Waals surface area contributed by atoms with Crippen LogP contribution in [-0.4, -0.2) is 26.3 Å². The third-order valence-electron chi connectivity index (χ3n) is 4.89. The summed E-state index contributed by atoms with van der Waals surface area (Å²) in [5.41, 5.74) is 7.66. The number of rotatable bonds is 5. The summed E-state index contributed by atoms with van der Waals surface area (Å²) in [5, 5.41) is 9.34. The van der Waals surface area contributed by atoms with E-state index in [0.717, 1.165) is 33.4 Å². The van der Waals surface area contributed by atoms with Crippen molar-refractivity contribution in [3.63, 3.8) is 0 Å². The van der Waals surface area contributed by atoms with Crippen molar-refractivity contribution in [3.8, 4) is 5.69 Å². The minimum atomic E-state index is 0.116. The van der Waals surface area contributed by atoms with Gasteiger partial charge in [0.2, 0.25) is 0 Å². The third kappa shape index (κ3) is 3.83. The van der Waals surface area contributed by atoms with Crippen LogP contribution in [0.1, 0.15) is 44.0 Å². The van der Waals surface area contributed by atoms with Crippen LogP contribution in [0.2, 0.25) is 0 Å². The molecule has 0 fully saturated rings. The van der Waals surface area contributed by atoms with Crippen molar-refractivity contribution in [2.24, 2.45) is 0 Å². The number of thioether (sulfide) groups is 1. The molecular weight excluding hydrogens is 354 g/mol. The lowest BCUT2D eigenvalue weighted by atomic mass is 10.0. The van der Waals surface area contributed by atoms with E-state index in [1.165, 1.54) is 28.5 Å². The van der Waals surface area contributed by atoms with Gasteiger partial charge >= 0.3 is 0 Å². The van der Waals surface area contributed by atoms with Crippen molar-refractivity contribution in [3.05, 3.63) is 69.5 Å². The topological polar surface area (TPSA) is 47.8 Å². The molecule has 3 aromatic rings. The van der Waals surface area contributed by atoms with Gasteiger partial charge in [-0.1, -0.05) is 47.7 Å². The highest BCUT2D eigenvalue weighted by atomic mass is 32.2. The molecule has 0 radical (unpaired) electrons. The molecule has 0 amide bonds. The first kappa shape index (κ1) is 19.4. The zero-order valence-electron chi connectivity index (χ0n) is 16.8. The number of hydrogen-bond acceptors (Lipinski definition) is 4. The first-order chi connectivity index (χ1) is 12.8. The second kappa shape index (κ2) is 7.69. The molecule has 0 N–H and O–H groups in total. The van der Waals surface area contributed by atoms with Crippen LogP contribution < -0.4 is 0 Å². The summed E-state index contributed by atoms with van der Waals surface area (Å²) < 4.78 is 2.06. The van der Waals surface area contributed by atoms with Crippen LogP contribution >= 0.6 is 11.8 Å². The fourth-order valence-electron chi connectivity index (χ4n) is 3.48. The summed E-state index contributed by atoms with van der Waals surface area (Å²) in [6.45, 7) is 12.3. The summed E-state index contributed by atoms with van der Waals surface area (Å²) >= 11 is 1.44. The predicted octanol–water partition coefficient (Wildman–Crippen LogP) is 5.09. The van der Waals surface area contributed by atoms with Crippen molar-refractivity contribution < 1.29 is 4.79 Å². The number of aromatic nitrogens is 3. The molecule has 0 aliphatic carbocycles. The van der Waals surface area contributed by atoms with Crippen LogP contribution in [0.3, 0.4) is 0 Å². The van der Waals surface area contributed by atoms with E-state index in [4.69, 9.17) is 0 Å². The van der Waals surface area contributed by atoms with E-state index in [-0.39, 0.29) is 5.78 Å². The smallest absolute Gasteiger partial charge is 0.196 e. The Bertz CT molecular complexity index is 997. The van der Waals surface area contributed by atoms with E-state index in [9.17, 15) is 4.79 Å². The Morgan fingerprint density at radius 2 is 1.63 bits per heavy atom. The fraction of sp³-hybridized carbons (Fsp3) is 0.318. The van der Waals surface area contributed by atoms with Crippen LogP contribution in [0.4, 0.5) is 0 Å². The summed E-state index contributed by atoms with van der Waals surface area (Å²) in [7, 11) is 0. The van der Waals surface area contributed by atoms with E-state index >= 15 is 0 Å². The lowest BCUT2D eigenvalue weighted by Gasteiger charge is -2.15. The van der Waals surface area contributed by atoms with Gasteiger partial charge < -0.3 is 0 Å². The molecule has 0 aliphatic rings. The van der Waals surface area contributed by atoms with Crippen molar-refractivity contribution in [2.75, 3.05) is 5.75 Å². The van der Waals surface area contributed by atoms with Gasteiger partial charge in [0, 0.05) is 5.56 Å². The number of hydrogen-bond donors (Lipinski definition) is 0. The second-order valence-electron chi connectivity index (χ2n) is 7.07. The van der Waals surface area contributed by atoms with Crippen LogP contribution in [0.25, 0.3) is 5.69 Å². The SMILES string of the molecule is Cc1cc(C)c(-n2c(C)nnc2SCC(=O)c2cccc(C)c2C)c(C)c1. The van der Waals surface area contributed by atoms with Gasteiger partial charge in [-0.15, -0.1) is 10.2 Å². The highest BCUT2D eigenvalue weighted by molar-refractivity contribution is 7.99. The maximum absolute atomic E-state index is 12.7. The highest BCUT2D eigenvalue weighted by Crippen LogP contribution is 2.28. The van der Waals surface area contributed by atoms with E-state index in [1.807, 2.05) is 39.0 Å². The predicted molar refractivity (Wildman–Crippen MR) is 111 cm³/mol. The van der Waals surface area contributed by atoms with Gasteiger partial charge in [0.05, 0.1) is 11.4 Å². The van der Waals surface area contributed by atoms with E-state index in [0.29, 0.717) is 5.75 Å². The summed E-state index contributed by atoms with van der Waals surface area (Å²) in [6.07, 6.45) is 0. The molecule has 0 saturated carbocycles. The molecule has 0 spiro atoms. The Hall–Kier alpha value is -2.40. The van der Waals surface area contributed by atoms with Gasteiger partial charge in [-0.3, -0.25) is 9.36 Å². The first-order valence-corrected chi connectivity index (χ1v) is 10.0. The molecule has 0 bridgehead atoms. The third-order valence-corrected chi connectivity index (χ3v) is 5.82. The van der Waals surface area contributed by atoms with Gasteiger partial charge in [0.1, 0.15) is 5.82 Å². The number of carbonyl (C=O) groups is 1. The quantitative estimate of drug-likeness (QED) is 0.457. The molecule has 2 aromatic carbocycles. The van der Waals surface area contributed by atoms with E-state index in [2.05, 4.69) is 47.7 Å². The normalized spacial score (nSPS) is 11.0. The molecule has 0 aliphatic heterocycles. The minimum Gasteiger partial charge on any atom is -0.293 e. The Balaban J connectivity index is 1.90. The Morgan fingerprint density at radius 3 is 2.30 bits per heavy atom. The van der Waals surface area contributed by atoms with Crippen LogP contribution in [-0.2, 0) is 0 Å². The molecule has 140 valence electrons. The molecule has 5 heteroatoms. The van der Waals surface area contributed by atoms with Gasteiger partial charge in [-0.2, -0.15) is 0 Å². The van der Waals surface area contributed by atoms with Gasteiger partial charge in [0.15, 0.2) is 10.9 Å². The van der Waals surface area contributed by atoms with Crippen molar-refractivity contribution in [2.45, 2.75) is 46.7 Å². The molecule has 4 nitrogen and oxygen atoms in total. The van der Waals surface area contributed by atoms with Crippen LogP contribution in [0, 0.1) is 41.5 Å². The molecule has 0 atom stereocenters.